The van der Waals surface area contributed by atoms with E-state index in [9.17, 15) is 9.59 Å². The Labute approximate surface area is 232 Å². The normalized spacial score (nSPS) is 18.1. The molecule has 2 aliphatic rings. The van der Waals surface area contributed by atoms with Gasteiger partial charge in [-0.05, 0) is 51.0 Å². The molecule has 35 heavy (non-hydrogen) atoms. The number of allylic oxidation sites excluding steroid dienone is 8. The van der Waals surface area contributed by atoms with Crippen LogP contribution in [0.2, 0.25) is 0 Å². The topological polar surface area (TPSA) is 94.7 Å². The number of hydrogen-bond acceptors (Lipinski definition) is 5. The molecule has 1 aromatic rings. The second-order valence-electron chi connectivity index (χ2n) is 8.40. The molecule has 0 spiro atoms. The number of nitrogens with one attached hydrogen (secondary N) is 2. The first-order chi connectivity index (χ1) is 14.8. The Bertz CT molecular complexity index is 977. The maximum atomic E-state index is 10.8. The van der Waals surface area contributed by atoms with Gasteiger partial charge >= 0.3 is 16.8 Å². The van der Waals surface area contributed by atoms with Crippen molar-refractivity contribution in [1.29, 1.82) is 10.8 Å². The molecular formula is C27H35Cl2CoN3O2. The van der Waals surface area contributed by atoms with Gasteiger partial charge in [0, 0.05) is 37.1 Å². The van der Waals surface area contributed by atoms with Crippen molar-refractivity contribution in [1.82, 2.24) is 4.98 Å². The van der Waals surface area contributed by atoms with Crippen LogP contribution in [0.3, 0.4) is 0 Å². The van der Waals surface area contributed by atoms with Crippen LogP contribution in [0.15, 0.2) is 64.8 Å². The number of rotatable bonds is 2. The molecule has 0 bridgehead atoms. The molecule has 1 radical (unpaired) electrons. The first-order valence-corrected chi connectivity index (χ1v) is 10.7. The van der Waals surface area contributed by atoms with Gasteiger partial charge in [0.05, 0.1) is 0 Å². The molecule has 2 unspecified atom stereocenters. The number of aromatic nitrogens is 1. The van der Waals surface area contributed by atoms with Crippen molar-refractivity contribution in [2.24, 2.45) is 11.8 Å². The van der Waals surface area contributed by atoms with Crippen LogP contribution in [0.4, 0.5) is 0 Å². The molecule has 193 valence electrons. The molecule has 5 nitrogen and oxygen atoms in total. The standard InChI is InChI=1S/C9H9NO2.2C9H13N.2ClH.Co/c1-6(11)8-4-3-5-9(10-8)7(2)12;2*1-6-4-7(2)9(10)8(3)5-6;;;/h3-5H,1-2H3;2*4-5,7,10H,1-3H3;2*1H;/q;;;;;+2/p-2. The minimum absolute atomic E-state index is 0. The summed E-state index contributed by atoms with van der Waals surface area (Å²) >= 11 is 0. The third-order valence-electron chi connectivity index (χ3n) is 5.15. The molecule has 0 saturated heterocycles. The first kappa shape index (κ1) is 37.4. The molecule has 0 amide bonds. The maximum absolute atomic E-state index is 10.8. The Hall–Kier alpha value is -2.12. The van der Waals surface area contributed by atoms with E-state index in [0.29, 0.717) is 23.2 Å². The van der Waals surface area contributed by atoms with Crippen LogP contribution in [0.1, 0.15) is 76.4 Å². The number of pyridine rings is 1. The predicted octanol–water partition coefficient (Wildman–Crippen LogP) is 0.589. The van der Waals surface area contributed by atoms with Gasteiger partial charge in [-0.2, -0.15) is 0 Å². The van der Waals surface area contributed by atoms with Crippen molar-refractivity contribution in [3.05, 3.63) is 76.2 Å². The van der Waals surface area contributed by atoms with Crippen molar-refractivity contribution >= 4 is 23.0 Å². The summed E-state index contributed by atoms with van der Waals surface area (Å²) in [6.07, 6.45) is 8.36. The minimum Gasteiger partial charge on any atom is -1.00 e. The third kappa shape index (κ3) is 12.4. The van der Waals surface area contributed by atoms with Gasteiger partial charge in [-0.3, -0.25) is 9.59 Å². The summed E-state index contributed by atoms with van der Waals surface area (Å²) in [5.41, 5.74) is 6.95. The van der Waals surface area contributed by atoms with Crippen LogP contribution in [-0.4, -0.2) is 28.0 Å². The van der Waals surface area contributed by atoms with Crippen LogP contribution in [0, 0.1) is 22.7 Å². The molecule has 1 heterocycles. The molecule has 0 aromatic carbocycles. The fourth-order valence-corrected chi connectivity index (χ4v) is 3.44. The van der Waals surface area contributed by atoms with Gasteiger partial charge < -0.3 is 35.6 Å². The van der Waals surface area contributed by atoms with E-state index in [2.05, 4.69) is 57.0 Å². The first-order valence-electron chi connectivity index (χ1n) is 10.7. The van der Waals surface area contributed by atoms with Gasteiger partial charge in [0.2, 0.25) is 0 Å². The average Bonchev–Trinajstić information content (AvgIpc) is 2.71. The van der Waals surface area contributed by atoms with Crippen LogP contribution in [-0.2, 0) is 16.8 Å². The number of nitrogens with zero attached hydrogens (tertiary/aromatic N) is 1. The number of halogens is 2. The van der Waals surface area contributed by atoms with E-state index in [1.807, 2.05) is 13.8 Å². The second-order valence-corrected chi connectivity index (χ2v) is 8.40. The van der Waals surface area contributed by atoms with E-state index < -0.39 is 0 Å². The quantitative estimate of drug-likeness (QED) is 0.516. The number of carbonyl (C=O) groups excluding carboxylic acids is 2. The maximum Gasteiger partial charge on any atom is 2.00 e. The molecule has 0 aliphatic heterocycles. The Morgan fingerprint density at radius 2 is 1.06 bits per heavy atom. The Balaban J connectivity index is -0.000000423. The average molecular weight is 563 g/mol. The summed E-state index contributed by atoms with van der Waals surface area (Å²) in [6.45, 7) is 15.1. The van der Waals surface area contributed by atoms with Gasteiger partial charge in [0.1, 0.15) is 11.4 Å². The van der Waals surface area contributed by atoms with Crippen molar-refractivity contribution in [3.8, 4) is 0 Å². The summed E-state index contributed by atoms with van der Waals surface area (Å²) in [4.78, 5) is 25.6. The van der Waals surface area contributed by atoms with Crippen LogP contribution >= 0.6 is 0 Å². The zero-order valence-corrected chi connectivity index (χ0v) is 24.1. The van der Waals surface area contributed by atoms with E-state index in [4.69, 9.17) is 10.8 Å². The molecule has 2 N–H and O–H groups in total. The summed E-state index contributed by atoms with van der Waals surface area (Å²) in [6, 6.07) is 4.84. The van der Waals surface area contributed by atoms with Gasteiger partial charge in [0.15, 0.2) is 11.6 Å². The van der Waals surface area contributed by atoms with E-state index in [1.165, 1.54) is 25.0 Å². The van der Waals surface area contributed by atoms with Gasteiger partial charge in [-0.1, -0.05) is 55.4 Å². The second kappa shape index (κ2) is 17.3. The van der Waals surface area contributed by atoms with E-state index in [-0.39, 0.29) is 53.2 Å². The zero-order chi connectivity index (χ0) is 24.6. The van der Waals surface area contributed by atoms with Gasteiger partial charge in [-0.25, -0.2) is 4.98 Å². The van der Waals surface area contributed by atoms with Gasteiger partial charge in [0.25, 0.3) is 0 Å². The molecule has 0 saturated carbocycles. The van der Waals surface area contributed by atoms with Crippen LogP contribution in [0.5, 0.6) is 0 Å². The van der Waals surface area contributed by atoms with Crippen molar-refractivity contribution < 1.29 is 51.2 Å². The molecule has 8 heteroatoms. The zero-order valence-electron chi connectivity index (χ0n) is 21.5. The largest absolute Gasteiger partial charge is 2.00 e. The molecule has 2 aliphatic carbocycles. The van der Waals surface area contributed by atoms with E-state index >= 15 is 0 Å². The SMILES string of the molecule is CC(=O)c1cccc(C(C)=O)n1.CC1=CC(C)C(=N)C(C)=C1.CC1=CC(C)C(=N)C(C)=C1.[Cl-].[Cl-].[Co+2]. The number of ketones is 2. The summed E-state index contributed by atoms with van der Waals surface area (Å²) in [5, 5.41) is 15.2. The van der Waals surface area contributed by atoms with Crippen molar-refractivity contribution in [3.63, 3.8) is 0 Å². The summed E-state index contributed by atoms with van der Waals surface area (Å²) < 4.78 is 0. The molecule has 0 fully saturated rings. The third-order valence-corrected chi connectivity index (χ3v) is 5.15. The summed E-state index contributed by atoms with van der Waals surface area (Å²) in [7, 11) is 0. The monoisotopic (exact) mass is 562 g/mol. The minimum atomic E-state index is -0.127. The van der Waals surface area contributed by atoms with Crippen LogP contribution < -0.4 is 24.8 Å². The molecular weight excluding hydrogens is 528 g/mol. The number of Topliss-reactive ketones (excluding diaryl/α,β-unsaturated/α-hetero) is 2. The summed E-state index contributed by atoms with van der Waals surface area (Å²) in [5.74, 6) is 0.367. The van der Waals surface area contributed by atoms with Crippen molar-refractivity contribution in [2.45, 2.75) is 55.4 Å². The van der Waals surface area contributed by atoms with Gasteiger partial charge in [-0.15, -0.1) is 0 Å². The predicted molar refractivity (Wildman–Crippen MR) is 133 cm³/mol. The Morgan fingerprint density at radius 3 is 1.31 bits per heavy atom. The fourth-order valence-electron chi connectivity index (χ4n) is 3.44. The van der Waals surface area contributed by atoms with E-state index in [0.717, 1.165) is 22.6 Å². The number of hydrogen-bond donors (Lipinski definition) is 2. The Morgan fingerprint density at radius 1 is 0.743 bits per heavy atom. The molecule has 1 aromatic heterocycles. The molecule has 3 rings (SSSR count). The Kier molecular flexibility index (Phi) is 18.5. The fraction of sp³-hybridized carbons (Fsp3) is 0.370. The molecule has 2 atom stereocenters. The smallest absolute Gasteiger partial charge is 1.00 e. The van der Waals surface area contributed by atoms with E-state index in [1.54, 1.807) is 18.2 Å². The van der Waals surface area contributed by atoms with Crippen molar-refractivity contribution in [2.75, 3.05) is 0 Å². The van der Waals surface area contributed by atoms with Crippen LogP contribution in [0.25, 0.3) is 0 Å². The number of carbonyl (C=O) groups is 2.